The van der Waals surface area contributed by atoms with E-state index in [-0.39, 0.29) is 5.91 Å². The highest BCUT2D eigenvalue weighted by Gasteiger charge is 2.21. The smallest absolute Gasteiger partial charge is 0.229 e. The van der Waals surface area contributed by atoms with Crippen molar-refractivity contribution in [3.63, 3.8) is 0 Å². The summed E-state index contributed by atoms with van der Waals surface area (Å²) in [6.07, 6.45) is 1.58. The fourth-order valence-electron chi connectivity index (χ4n) is 3.70. The third-order valence-electron chi connectivity index (χ3n) is 5.13. The van der Waals surface area contributed by atoms with E-state index < -0.39 is 0 Å². The van der Waals surface area contributed by atoms with Crippen molar-refractivity contribution in [3.05, 3.63) is 96.1 Å². The topological polar surface area (TPSA) is 23.6 Å². The van der Waals surface area contributed by atoms with Crippen LogP contribution in [0.25, 0.3) is 0 Å². The number of amides is 1. The van der Waals surface area contributed by atoms with Crippen molar-refractivity contribution in [1.29, 1.82) is 0 Å². The molecule has 1 heterocycles. The second-order valence-electron chi connectivity index (χ2n) is 6.92. The Morgan fingerprint density at radius 2 is 1.52 bits per heavy atom. The maximum Gasteiger partial charge on any atom is 0.229 e. The molecular formula is C24H24N2O. The molecule has 1 amide bonds. The number of nitrogens with zero attached hydrogens (tertiary/aromatic N) is 2. The van der Waals surface area contributed by atoms with Crippen LogP contribution in [0.1, 0.15) is 17.5 Å². The summed E-state index contributed by atoms with van der Waals surface area (Å²) < 4.78 is 0. The zero-order chi connectivity index (χ0) is 18.5. The Morgan fingerprint density at radius 1 is 0.852 bits per heavy atom. The number of hydrogen-bond acceptors (Lipinski definition) is 2. The number of para-hydroxylation sites is 2. The van der Waals surface area contributed by atoms with Crippen LogP contribution in [0, 0.1) is 0 Å². The number of rotatable bonds is 6. The molecule has 27 heavy (non-hydrogen) atoms. The number of fused-ring (bicyclic) bond motifs is 1. The van der Waals surface area contributed by atoms with E-state index in [1.54, 1.807) is 0 Å². The normalized spacial score (nSPS) is 12.7. The number of anilines is 2. The van der Waals surface area contributed by atoms with Gasteiger partial charge < -0.3 is 9.80 Å². The molecule has 3 aromatic rings. The molecule has 0 spiro atoms. The Balaban J connectivity index is 1.48. The molecule has 0 radical (unpaired) electrons. The number of benzene rings is 3. The highest BCUT2D eigenvalue weighted by molar-refractivity contribution is 5.93. The zero-order valence-electron chi connectivity index (χ0n) is 15.4. The highest BCUT2D eigenvalue weighted by Crippen LogP contribution is 2.27. The fourth-order valence-corrected chi connectivity index (χ4v) is 3.70. The van der Waals surface area contributed by atoms with E-state index in [0.717, 1.165) is 30.8 Å². The zero-order valence-corrected chi connectivity index (χ0v) is 15.4. The molecule has 0 bridgehead atoms. The van der Waals surface area contributed by atoms with E-state index >= 15 is 0 Å². The molecule has 3 nitrogen and oxygen atoms in total. The van der Waals surface area contributed by atoms with Crippen LogP contribution in [-0.4, -0.2) is 19.0 Å². The minimum atomic E-state index is 0.162. The number of carbonyl (C=O) groups excluding carboxylic acids is 1. The Morgan fingerprint density at radius 3 is 2.30 bits per heavy atom. The Bertz CT molecular complexity index is 893. The van der Waals surface area contributed by atoms with Gasteiger partial charge in [-0.1, -0.05) is 66.7 Å². The maximum atomic E-state index is 13.1. The predicted octanol–water partition coefficient (Wildman–Crippen LogP) is 4.67. The molecule has 0 fully saturated rings. The van der Waals surface area contributed by atoms with Crippen molar-refractivity contribution >= 4 is 17.3 Å². The van der Waals surface area contributed by atoms with E-state index in [1.807, 2.05) is 53.4 Å². The van der Waals surface area contributed by atoms with Gasteiger partial charge in [-0.15, -0.1) is 0 Å². The van der Waals surface area contributed by atoms with Gasteiger partial charge in [0.05, 0.1) is 6.54 Å². The Kier molecular flexibility index (Phi) is 5.20. The SMILES string of the molecule is O=C(CCN1CCc2ccccc21)N(Cc1ccccc1)c1ccccc1. The average molecular weight is 356 g/mol. The summed E-state index contributed by atoms with van der Waals surface area (Å²) in [7, 11) is 0. The molecular weight excluding hydrogens is 332 g/mol. The van der Waals surface area contributed by atoms with E-state index in [1.165, 1.54) is 11.3 Å². The van der Waals surface area contributed by atoms with Crippen molar-refractivity contribution < 1.29 is 4.79 Å². The summed E-state index contributed by atoms with van der Waals surface area (Å²) in [6.45, 7) is 2.35. The van der Waals surface area contributed by atoms with E-state index in [2.05, 4.69) is 41.3 Å². The van der Waals surface area contributed by atoms with Crippen LogP contribution in [0.5, 0.6) is 0 Å². The molecule has 0 aliphatic carbocycles. The lowest BCUT2D eigenvalue weighted by Crippen LogP contribution is -2.34. The van der Waals surface area contributed by atoms with Gasteiger partial charge in [-0.25, -0.2) is 0 Å². The van der Waals surface area contributed by atoms with Crippen LogP contribution in [0.15, 0.2) is 84.9 Å². The lowest BCUT2D eigenvalue weighted by Gasteiger charge is -2.25. The van der Waals surface area contributed by atoms with E-state index in [0.29, 0.717) is 13.0 Å². The minimum absolute atomic E-state index is 0.162. The summed E-state index contributed by atoms with van der Waals surface area (Å²) in [5, 5.41) is 0. The van der Waals surface area contributed by atoms with Crippen molar-refractivity contribution in [2.75, 3.05) is 22.9 Å². The molecule has 0 aromatic heterocycles. The molecule has 1 aliphatic heterocycles. The molecule has 136 valence electrons. The van der Waals surface area contributed by atoms with Crippen molar-refractivity contribution in [1.82, 2.24) is 0 Å². The summed E-state index contributed by atoms with van der Waals surface area (Å²) in [5.74, 6) is 0.162. The second kappa shape index (κ2) is 8.09. The van der Waals surface area contributed by atoms with Gasteiger partial charge in [0.25, 0.3) is 0 Å². The third kappa shape index (κ3) is 4.03. The first-order chi connectivity index (χ1) is 13.3. The van der Waals surface area contributed by atoms with Gasteiger partial charge in [-0.05, 0) is 35.7 Å². The van der Waals surface area contributed by atoms with Crippen LogP contribution in [0.4, 0.5) is 11.4 Å². The molecule has 3 aromatic carbocycles. The molecule has 0 atom stereocenters. The number of hydrogen-bond donors (Lipinski definition) is 0. The lowest BCUT2D eigenvalue weighted by molar-refractivity contribution is -0.118. The molecule has 0 N–H and O–H groups in total. The van der Waals surface area contributed by atoms with E-state index in [9.17, 15) is 4.79 Å². The predicted molar refractivity (Wildman–Crippen MR) is 111 cm³/mol. The van der Waals surface area contributed by atoms with Crippen LogP contribution in [-0.2, 0) is 17.8 Å². The molecule has 1 aliphatic rings. The van der Waals surface area contributed by atoms with Gasteiger partial charge in [-0.2, -0.15) is 0 Å². The molecule has 3 heteroatoms. The molecule has 0 saturated carbocycles. The van der Waals surface area contributed by atoms with Crippen LogP contribution in [0.3, 0.4) is 0 Å². The first-order valence-electron chi connectivity index (χ1n) is 9.53. The third-order valence-corrected chi connectivity index (χ3v) is 5.13. The number of carbonyl (C=O) groups is 1. The molecule has 0 unspecified atom stereocenters. The lowest BCUT2D eigenvalue weighted by atomic mass is 10.1. The fraction of sp³-hybridized carbons (Fsp3) is 0.208. The largest absolute Gasteiger partial charge is 0.370 e. The standard InChI is InChI=1S/C24H24N2O/c27-24(16-18-25-17-15-21-11-7-8-14-23(21)25)26(22-12-5-2-6-13-22)19-20-9-3-1-4-10-20/h1-14H,15-19H2. The first kappa shape index (κ1) is 17.3. The second-order valence-corrected chi connectivity index (χ2v) is 6.92. The van der Waals surface area contributed by atoms with Gasteiger partial charge >= 0.3 is 0 Å². The van der Waals surface area contributed by atoms with E-state index in [4.69, 9.17) is 0 Å². The molecule has 4 rings (SSSR count). The summed E-state index contributed by atoms with van der Waals surface area (Å²) >= 11 is 0. The van der Waals surface area contributed by atoms with Gasteiger partial charge in [0.1, 0.15) is 0 Å². The van der Waals surface area contributed by atoms with Crippen molar-refractivity contribution in [3.8, 4) is 0 Å². The highest BCUT2D eigenvalue weighted by atomic mass is 16.2. The summed E-state index contributed by atoms with van der Waals surface area (Å²) in [5.41, 5.74) is 4.75. The maximum absolute atomic E-state index is 13.1. The van der Waals surface area contributed by atoms with Crippen LogP contribution in [0.2, 0.25) is 0 Å². The first-order valence-corrected chi connectivity index (χ1v) is 9.53. The summed E-state index contributed by atoms with van der Waals surface area (Å²) in [6, 6.07) is 28.6. The monoisotopic (exact) mass is 356 g/mol. The average Bonchev–Trinajstić information content (AvgIpc) is 3.15. The Hall–Kier alpha value is -3.07. The summed E-state index contributed by atoms with van der Waals surface area (Å²) in [4.78, 5) is 17.3. The van der Waals surface area contributed by atoms with Gasteiger partial charge in [0.15, 0.2) is 0 Å². The Labute approximate surface area is 160 Å². The van der Waals surface area contributed by atoms with Crippen molar-refractivity contribution in [2.24, 2.45) is 0 Å². The minimum Gasteiger partial charge on any atom is -0.370 e. The van der Waals surface area contributed by atoms with Crippen LogP contribution < -0.4 is 9.80 Å². The van der Waals surface area contributed by atoms with Gasteiger partial charge in [0.2, 0.25) is 5.91 Å². The molecule has 0 saturated heterocycles. The van der Waals surface area contributed by atoms with Gasteiger partial charge in [-0.3, -0.25) is 4.79 Å². The van der Waals surface area contributed by atoms with Gasteiger partial charge in [0, 0.05) is 30.9 Å². The van der Waals surface area contributed by atoms with Crippen LogP contribution >= 0.6 is 0 Å². The van der Waals surface area contributed by atoms with Crippen molar-refractivity contribution in [2.45, 2.75) is 19.4 Å². The quantitative estimate of drug-likeness (QED) is 0.641.